The molecule has 0 aliphatic heterocycles. The van der Waals surface area contributed by atoms with Crippen LogP contribution in [0.5, 0.6) is 0 Å². The van der Waals surface area contributed by atoms with E-state index in [0.717, 1.165) is 10.9 Å². The van der Waals surface area contributed by atoms with Crippen LogP contribution in [0.25, 0.3) is 21.7 Å². The molecule has 0 aliphatic rings. The van der Waals surface area contributed by atoms with Crippen molar-refractivity contribution in [2.75, 3.05) is 5.73 Å². The molecule has 2 aromatic carbocycles. The quantitative estimate of drug-likeness (QED) is 0.605. The molecule has 0 radical (unpaired) electrons. The summed E-state index contributed by atoms with van der Waals surface area (Å²) in [6, 6.07) is 14.6. The van der Waals surface area contributed by atoms with Crippen LogP contribution in [-0.2, 0) is 5.41 Å². The van der Waals surface area contributed by atoms with Crippen LogP contribution in [0, 0.1) is 0 Å². The standard InChI is InChI=1S/C17H18N2/c1-17(2,3)11-8-9-15-14(10-11)12-6-4-5-7-13(12)16(18)19-15/h4-10H,1-3H3,(H2,18,19). The molecule has 96 valence electrons. The van der Waals surface area contributed by atoms with Gasteiger partial charge in [-0.15, -0.1) is 0 Å². The maximum Gasteiger partial charge on any atom is 0.131 e. The molecule has 0 fully saturated rings. The second kappa shape index (κ2) is 3.95. The van der Waals surface area contributed by atoms with Crippen molar-refractivity contribution >= 4 is 27.5 Å². The highest BCUT2D eigenvalue weighted by Gasteiger charge is 2.15. The smallest absolute Gasteiger partial charge is 0.131 e. The van der Waals surface area contributed by atoms with E-state index in [-0.39, 0.29) is 5.41 Å². The third kappa shape index (κ3) is 1.93. The van der Waals surface area contributed by atoms with Gasteiger partial charge in [-0.05, 0) is 28.5 Å². The maximum atomic E-state index is 6.04. The zero-order chi connectivity index (χ0) is 13.6. The number of fused-ring (bicyclic) bond motifs is 3. The molecule has 2 N–H and O–H groups in total. The summed E-state index contributed by atoms with van der Waals surface area (Å²) >= 11 is 0. The summed E-state index contributed by atoms with van der Waals surface area (Å²) in [5.41, 5.74) is 8.45. The van der Waals surface area contributed by atoms with Gasteiger partial charge in [-0.1, -0.05) is 51.1 Å². The Kier molecular flexibility index (Phi) is 2.49. The van der Waals surface area contributed by atoms with Crippen LogP contribution in [-0.4, -0.2) is 4.98 Å². The summed E-state index contributed by atoms with van der Waals surface area (Å²) in [7, 11) is 0. The van der Waals surface area contributed by atoms with Gasteiger partial charge in [0.25, 0.3) is 0 Å². The molecule has 0 spiro atoms. The minimum atomic E-state index is 0.136. The summed E-state index contributed by atoms with van der Waals surface area (Å²) in [6.07, 6.45) is 0. The Morgan fingerprint density at radius 2 is 1.58 bits per heavy atom. The molecule has 0 atom stereocenters. The highest BCUT2D eigenvalue weighted by Crippen LogP contribution is 2.31. The second-order valence-corrected chi connectivity index (χ2v) is 6.02. The molecule has 0 saturated heterocycles. The van der Waals surface area contributed by atoms with Crippen LogP contribution < -0.4 is 5.73 Å². The van der Waals surface area contributed by atoms with E-state index in [0.29, 0.717) is 5.82 Å². The fourth-order valence-electron chi connectivity index (χ4n) is 2.45. The van der Waals surface area contributed by atoms with Crippen molar-refractivity contribution in [3.05, 3.63) is 48.0 Å². The van der Waals surface area contributed by atoms with Crippen LogP contribution in [0.3, 0.4) is 0 Å². The Hall–Kier alpha value is -2.09. The first-order valence-electron chi connectivity index (χ1n) is 6.55. The zero-order valence-corrected chi connectivity index (χ0v) is 11.6. The van der Waals surface area contributed by atoms with Gasteiger partial charge in [-0.2, -0.15) is 0 Å². The first-order chi connectivity index (χ1) is 8.97. The number of hydrogen-bond donors (Lipinski definition) is 1. The lowest BCUT2D eigenvalue weighted by Gasteiger charge is -2.19. The van der Waals surface area contributed by atoms with E-state index in [1.807, 2.05) is 18.2 Å². The predicted octanol–water partition coefficient (Wildman–Crippen LogP) is 4.27. The average molecular weight is 250 g/mol. The van der Waals surface area contributed by atoms with Crippen molar-refractivity contribution in [3.63, 3.8) is 0 Å². The molecule has 0 bridgehead atoms. The number of aromatic nitrogens is 1. The number of benzene rings is 2. The lowest BCUT2D eigenvalue weighted by molar-refractivity contribution is 0.591. The van der Waals surface area contributed by atoms with Gasteiger partial charge in [0.15, 0.2) is 0 Å². The normalized spacial score (nSPS) is 12.2. The van der Waals surface area contributed by atoms with Gasteiger partial charge < -0.3 is 5.73 Å². The number of nitrogens with zero attached hydrogens (tertiary/aromatic N) is 1. The molecule has 0 amide bonds. The molecule has 0 unspecified atom stereocenters. The van der Waals surface area contributed by atoms with Crippen LogP contribution in [0.1, 0.15) is 26.3 Å². The van der Waals surface area contributed by atoms with Gasteiger partial charge >= 0.3 is 0 Å². The van der Waals surface area contributed by atoms with E-state index in [1.165, 1.54) is 16.3 Å². The Balaban J connectivity index is 2.44. The number of pyridine rings is 1. The van der Waals surface area contributed by atoms with E-state index in [1.54, 1.807) is 0 Å². The SMILES string of the molecule is CC(C)(C)c1ccc2nc(N)c3ccccc3c2c1. The van der Waals surface area contributed by atoms with Gasteiger partial charge in [-0.25, -0.2) is 4.98 Å². The van der Waals surface area contributed by atoms with E-state index in [2.05, 4.69) is 50.0 Å². The van der Waals surface area contributed by atoms with Crippen LogP contribution in [0.15, 0.2) is 42.5 Å². The predicted molar refractivity (Wildman–Crippen MR) is 82.4 cm³/mol. The minimum absolute atomic E-state index is 0.136. The van der Waals surface area contributed by atoms with Crippen LogP contribution in [0.2, 0.25) is 0 Å². The summed E-state index contributed by atoms with van der Waals surface area (Å²) in [5.74, 6) is 0.603. The molecule has 1 heterocycles. The number of nitrogens with two attached hydrogens (primary N) is 1. The fourth-order valence-corrected chi connectivity index (χ4v) is 2.45. The second-order valence-electron chi connectivity index (χ2n) is 6.02. The first kappa shape index (κ1) is 12.0. The fraction of sp³-hybridized carbons (Fsp3) is 0.235. The zero-order valence-electron chi connectivity index (χ0n) is 11.6. The van der Waals surface area contributed by atoms with Gasteiger partial charge in [0.1, 0.15) is 5.82 Å². The number of hydrogen-bond acceptors (Lipinski definition) is 2. The topological polar surface area (TPSA) is 38.9 Å². The lowest BCUT2D eigenvalue weighted by Crippen LogP contribution is -2.10. The summed E-state index contributed by atoms with van der Waals surface area (Å²) in [5, 5.41) is 3.38. The maximum absolute atomic E-state index is 6.04. The van der Waals surface area contributed by atoms with Gasteiger partial charge in [0.05, 0.1) is 5.52 Å². The third-order valence-corrected chi connectivity index (χ3v) is 3.60. The Labute approximate surface area is 113 Å². The number of anilines is 1. The first-order valence-corrected chi connectivity index (χ1v) is 6.55. The molecule has 1 aromatic heterocycles. The molecule has 2 heteroatoms. The molecule has 3 rings (SSSR count). The van der Waals surface area contributed by atoms with Crippen molar-refractivity contribution in [3.8, 4) is 0 Å². The van der Waals surface area contributed by atoms with Gasteiger partial charge in [0, 0.05) is 10.8 Å². The Morgan fingerprint density at radius 1 is 0.895 bits per heavy atom. The molecular formula is C17H18N2. The van der Waals surface area contributed by atoms with Crippen LogP contribution >= 0.6 is 0 Å². The van der Waals surface area contributed by atoms with Crippen molar-refractivity contribution in [2.45, 2.75) is 26.2 Å². The van der Waals surface area contributed by atoms with E-state index < -0.39 is 0 Å². The van der Waals surface area contributed by atoms with Gasteiger partial charge in [-0.3, -0.25) is 0 Å². The monoisotopic (exact) mass is 250 g/mol. The molecule has 2 nitrogen and oxygen atoms in total. The molecular weight excluding hydrogens is 232 g/mol. The Morgan fingerprint density at radius 3 is 2.26 bits per heavy atom. The molecule has 19 heavy (non-hydrogen) atoms. The van der Waals surface area contributed by atoms with Crippen molar-refractivity contribution in [1.29, 1.82) is 0 Å². The van der Waals surface area contributed by atoms with Gasteiger partial charge in [0.2, 0.25) is 0 Å². The largest absolute Gasteiger partial charge is 0.383 e. The van der Waals surface area contributed by atoms with Crippen molar-refractivity contribution < 1.29 is 0 Å². The van der Waals surface area contributed by atoms with Crippen LogP contribution in [0.4, 0.5) is 5.82 Å². The van der Waals surface area contributed by atoms with E-state index in [9.17, 15) is 0 Å². The third-order valence-electron chi connectivity index (χ3n) is 3.60. The van der Waals surface area contributed by atoms with Crippen molar-refractivity contribution in [1.82, 2.24) is 4.98 Å². The number of nitrogen functional groups attached to an aromatic ring is 1. The minimum Gasteiger partial charge on any atom is -0.383 e. The average Bonchev–Trinajstić information content (AvgIpc) is 2.37. The summed E-state index contributed by atoms with van der Waals surface area (Å²) in [4.78, 5) is 4.50. The highest BCUT2D eigenvalue weighted by atomic mass is 14.8. The van der Waals surface area contributed by atoms with E-state index >= 15 is 0 Å². The highest BCUT2D eigenvalue weighted by molar-refractivity contribution is 6.09. The molecule has 0 saturated carbocycles. The summed E-state index contributed by atoms with van der Waals surface area (Å²) < 4.78 is 0. The van der Waals surface area contributed by atoms with E-state index in [4.69, 9.17) is 5.73 Å². The number of rotatable bonds is 0. The lowest BCUT2D eigenvalue weighted by atomic mass is 9.86. The molecule has 3 aromatic rings. The van der Waals surface area contributed by atoms with Crippen molar-refractivity contribution in [2.24, 2.45) is 0 Å². The molecule has 0 aliphatic carbocycles. The summed E-state index contributed by atoms with van der Waals surface area (Å²) in [6.45, 7) is 6.67. The Bertz CT molecular complexity index is 767.